The van der Waals surface area contributed by atoms with E-state index in [0.29, 0.717) is 5.92 Å². The Morgan fingerprint density at radius 1 is 1.65 bits per heavy atom. The van der Waals surface area contributed by atoms with Crippen LogP contribution in [-0.4, -0.2) is 26.5 Å². The van der Waals surface area contributed by atoms with Crippen LogP contribution < -0.4 is 5.32 Å². The Balaban J connectivity index is 1.93. The molecular weight excluding hydrogens is 238 g/mol. The fourth-order valence-electron chi connectivity index (χ4n) is 1.82. The van der Waals surface area contributed by atoms with Gasteiger partial charge in [-0.2, -0.15) is 4.37 Å². The number of carboxylic acid groups (broad SMARTS) is 1. The highest BCUT2D eigenvalue weighted by atomic mass is 32.1. The van der Waals surface area contributed by atoms with Gasteiger partial charge in [0, 0.05) is 24.0 Å². The van der Waals surface area contributed by atoms with Gasteiger partial charge in [0.25, 0.3) is 0 Å². The third-order valence-electron chi connectivity index (χ3n) is 2.84. The second-order valence-electron chi connectivity index (χ2n) is 4.45. The molecular formula is C11H17N3O2S. The molecule has 1 saturated carbocycles. The Hall–Kier alpha value is -1.17. The van der Waals surface area contributed by atoms with E-state index in [0.717, 1.165) is 36.6 Å². The summed E-state index contributed by atoms with van der Waals surface area (Å²) in [6.45, 7) is 2.09. The summed E-state index contributed by atoms with van der Waals surface area (Å²) in [6.07, 6.45) is 4.30. The van der Waals surface area contributed by atoms with Crippen LogP contribution in [0.1, 0.15) is 38.4 Å². The molecule has 1 unspecified atom stereocenters. The van der Waals surface area contributed by atoms with E-state index >= 15 is 0 Å². The first-order valence-corrected chi connectivity index (χ1v) is 6.77. The Morgan fingerprint density at radius 2 is 2.41 bits per heavy atom. The molecule has 1 aliphatic carbocycles. The molecule has 0 bridgehead atoms. The Bertz CT molecular complexity index is 390. The van der Waals surface area contributed by atoms with Crippen molar-refractivity contribution in [3.05, 3.63) is 5.82 Å². The topological polar surface area (TPSA) is 75.1 Å². The van der Waals surface area contributed by atoms with Crippen LogP contribution >= 0.6 is 11.5 Å². The normalized spacial score (nSPS) is 16.8. The fraction of sp³-hybridized carbons (Fsp3) is 0.727. The molecule has 1 aliphatic rings. The van der Waals surface area contributed by atoms with Crippen molar-refractivity contribution in [2.75, 3.05) is 5.32 Å². The second-order valence-corrected chi connectivity index (χ2v) is 5.20. The van der Waals surface area contributed by atoms with E-state index in [1.54, 1.807) is 0 Å². The lowest BCUT2D eigenvalue weighted by molar-refractivity contribution is -0.137. The minimum absolute atomic E-state index is 0.00919. The van der Waals surface area contributed by atoms with Gasteiger partial charge in [0.2, 0.25) is 5.13 Å². The molecule has 0 radical (unpaired) electrons. The lowest BCUT2D eigenvalue weighted by Gasteiger charge is -2.14. The summed E-state index contributed by atoms with van der Waals surface area (Å²) >= 11 is 1.32. The van der Waals surface area contributed by atoms with Crippen molar-refractivity contribution in [3.8, 4) is 0 Å². The van der Waals surface area contributed by atoms with Crippen LogP contribution in [0.2, 0.25) is 0 Å². The summed E-state index contributed by atoms with van der Waals surface area (Å²) in [7, 11) is 0. The number of hydrogen-bond donors (Lipinski definition) is 2. The van der Waals surface area contributed by atoms with Crippen LogP contribution in [0.4, 0.5) is 5.13 Å². The Labute approximate surface area is 104 Å². The highest BCUT2D eigenvalue weighted by Crippen LogP contribution is 2.35. The van der Waals surface area contributed by atoms with Crippen molar-refractivity contribution in [2.45, 2.75) is 45.1 Å². The summed E-state index contributed by atoms with van der Waals surface area (Å²) in [5, 5.41) is 12.8. The number of hydrogen-bond acceptors (Lipinski definition) is 5. The van der Waals surface area contributed by atoms with E-state index in [2.05, 4.69) is 21.6 Å². The predicted molar refractivity (Wildman–Crippen MR) is 66.3 cm³/mol. The molecule has 0 saturated heterocycles. The molecule has 0 aliphatic heterocycles. The van der Waals surface area contributed by atoms with Gasteiger partial charge in [-0.3, -0.25) is 4.79 Å². The summed E-state index contributed by atoms with van der Waals surface area (Å²) in [5.74, 6) is 0.585. The minimum atomic E-state index is -0.757. The van der Waals surface area contributed by atoms with Gasteiger partial charge in [0.05, 0.1) is 6.42 Å². The minimum Gasteiger partial charge on any atom is -0.481 e. The standard InChI is InChI=1S/C11H17N3O2S/c1-2-3-9-13-11(17-14-9)12-8(6-10(15)16)7-4-5-7/h7-8H,2-6H2,1H3,(H,15,16)(H,12,13,14). The molecule has 0 aromatic carbocycles. The van der Waals surface area contributed by atoms with Gasteiger partial charge in [0.15, 0.2) is 0 Å². The van der Waals surface area contributed by atoms with Gasteiger partial charge in [0.1, 0.15) is 5.82 Å². The van der Waals surface area contributed by atoms with E-state index in [1.807, 2.05) is 0 Å². The van der Waals surface area contributed by atoms with E-state index in [4.69, 9.17) is 5.11 Å². The zero-order valence-electron chi connectivity index (χ0n) is 9.85. The molecule has 0 spiro atoms. The maximum absolute atomic E-state index is 10.8. The lowest BCUT2D eigenvalue weighted by Crippen LogP contribution is -2.25. The Morgan fingerprint density at radius 3 is 3.00 bits per heavy atom. The molecule has 1 fully saturated rings. The van der Waals surface area contributed by atoms with Crippen molar-refractivity contribution >= 4 is 22.6 Å². The van der Waals surface area contributed by atoms with Crippen LogP contribution in [0.25, 0.3) is 0 Å². The van der Waals surface area contributed by atoms with Crippen molar-refractivity contribution in [2.24, 2.45) is 5.92 Å². The summed E-state index contributed by atoms with van der Waals surface area (Å²) < 4.78 is 4.24. The van der Waals surface area contributed by atoms with Crippen LogP contribution in [0, 0.1) is 5.92 Å². The van der Waals surface area contributed by atoms with Crippen molar-refractivity contribution in [1.29, 1.82) is 0 Å². The van der Waals surface area contributed by atoms with Crippen molar-refractivity contribution in [3.63, 3.8) is 0 Å². The zero-order chi connectivity index (χ0) is 12.3. The molecule has 6 heteroatoms. The highest BCUT2D eigenvalue weighted by molar-refractivity contribution is 7.09. The van der Waals surface area contributed by atoms with Crippen molar-refractivity contribution in [1.82, 2.24) is 9.36 Å². The quantitative estimate of drug-likeness (QED) is 0.781. The number of carboxylic acids is 1. The molecule has 17 heavy (non-hydrogen) atoms. The summed E-state index contributed by atoms with van der Waals surface area (Å²) in [6, 6.07) is 0.00919. The van der Waals surface area contributed by atoms with Gasteiger partial charge in [-0.25, -0.2) is 4.98 Å². The lowest BCUT2D eigenvalue weighted by atomic mass is 10.1. The van der Waals surface area contributed by atoms with Gasteiger partial charge >= 0.3 is 5.97 Å². The van der Waals surface area contributed by atoms with E-state index in [-0.39, 0.29) is 12.5 Å². The number of nitrogens with one attached hydrogen (secondary N) is 1. The Kier molecular flexibility index (Phi) is 3.93. The van der Waals surface area contributed by atoms with Gasteiger partial charge < -0.3 is 10.4 Å². The zero-order valence-corrected chi connectivity index (χ0v) is 10.7. The SMILES string of the molecule is CCCc1nsc(NC(CC(=O)O)C2CC2)n1. The number of aliphatic carboxylic acids is 1. The average molecular weight is 255 g/mol. The number of anilines is 1. The molecule has 0 amide bonds. The molecule has 1 aromatic heterocycles. The first kappa shape index (κ1) is 12.3. The first-order valence-electron chi connectivity index (χ1n) is 6.00. The number of rotatable bonds is 7. The first-order chi connectivity index (χ1) is 8.19. The number of aryl methyl sites for hydroxylation is 1. The molecule has 5 nitrogen and oxygen atoms in total. The number of nitrogens with zero attached hydrogens (tertiary/aromatic N) is 2. The number of aromatic nitrogens is 2. The van der Waals surface area contributed by atoms with Gasteiger partial charge in [-0.05, 0) is 25.2 Å². The van der Waals surface area contributed by atoms with Crippen LogP contribution in [0.15, 0.2) is 0 Å². The maximum Gasteiger partial charge on any atom is 0.305 e. The maximum atomic E-state index is 10.8. The average Bonchev–Trinajstić information content (AvgIpc) is 3.01. The predicted octanol–water partition coefficient (Wildman–Crippen LogP) is 2.16. The monoisotopic (exact) mass is 255 g/mol. The molecule has 1 atom stereocenters. The third kappa shape index (κ3) is 3.66. The van der Waals surface area contributed by atoms with E-state index in [9.17, 15) is 4.79 Å². The molecule has 94 valence electrons. The molecule has 1 heterocycles. The number of carbonyl (C=O) groups is 1. The summed E-state index contributed by atoms with van der Waals surface area (Å²) in [5.41, 5.74) is 0. The van der Waals surface area contributed by atoms with Gasteiger partial charge in [-0.1, -0.05) is 6.92 Å². The smallest absolute Gasteiger partial charge is 0.305 e. The van der Waals surface area contributed by atoms with Crippen LogP contribution in [-0.2, 0) is 11.2 Å². The largest absolute Gasteiger partial charge is 0.481 e. The fourth-order valence-corrected chi connectivity index (χ4v) is 2.49. The van der Waals surface area contributed by atoms with Crippen LogP contribution in [0.5, 0.6) is 0 Å². The van der Waals surface area contributed by atoms with E-state index < -0.39 is 5.97 Å². The van der Waals surface area contributed by atoms with E-state index in [1.165, 1.54) is 11.5 Å². The molecule has 2 rings (SSSR count). The summed E-state index contributed by atoms with van der Waals surface area (Å²) in [4.78, 5) is 15.1. The molecule has 2 N–H and O–H groups in total. The molecule has 1 aromatic rings. The second kappa shape index (κ2) is 5.44. The third-order valence-corrected chi connectivity index (χ3v) is 3.52. The highest BCUT2D eigenvalue weighted by Gasteiger charge is 2.33. The van der Waals surface area contributed by atoms with Crippen LogP contribution in [0.3, 0.4) is 0 Å². The van der Waals surface area contributed by atoms with Gasteiger partial charge in [-0.15, -0.1) is 0 Å². The van der Waals surface area contributed by atoms with Crippen molar-refractivity contribution < 1.29 is 9.90 Å².